The molecular formula is C11H6BrF2NO4S2. The van der Waals surface area contributed by atoms with Crippen molar-refractivity contribution in [1.82, 2.24) is 0 Å². The molecule has 1 aromatic carbocycles. The quantitative estimate of drug-likeness (QED) is 0.828. The third-order valence-corrected chi connectivity index (χ3v) is 5.57. The lowest BCUT2D eigenvalue weighted by atomic mass is 10.3. The minimum Gasteiger partial charge on any atom is -0.477 e. The van der Waals surface area contributed by atoms with Crippen molar-refractivity contribution in [1.29, 1.82) is 0 Å². The van der Waals surface area contributed by atoms with Gasteiger partial charge in [0.1, 0.15) is 21.4 Å². The van der Waals surface area contributed by atoms with Gasteiger partial charge in [0, 0.05) is 10.5 Å². The van der Waals surface area contributed by atoms with Crippen molar-refractivity contribution in [2.45, 2.75) is 4.90 Å². The van der Waals surface area contributed by atoms with Gasteiger partial charge in [-0.1, -0.05) is 0 Å². The predicted octanol–water partition coefficient (Wildman–Crippen LogP) is 3.29. The summed E-state index contributed by atoms with van der Waals surface area (Å²) in [7, 11) is -4.41. The summed E-state index contributed by atoms with van der Waals surface area (Å²) in [6.07, 6.45) is 0. The van der Waals surface area contributed by atoms with Crippen LogP contribution >= 0.6 is 27.3 Å². The van der Waals surface area contributed by atoms with Gasteiger partial charge in [0.15, 0.2) is 0 Å². The Morgan fingerprint density at radius 3 is 2.57 bits per heavy atom. The second kappa shape index (κ2) is 5.70. The molecule has 0 bridgehead atoms. The molecule has 0 saturated heterocycles. The number of carboxylic acids is 1. The minimum atomic E-state index is -4.41. The number of hydrogen-bond acceptors (Lipinski definition) is 4. The molecule has 0 saturated carbocycles. The molecule has 21 heavy (non-hydrogen) atoms. The first-order valence-corrected chi connectivity index (χ1v) is 8.36. The Hall–Kier alpha value is -1.52. The molecule has 2 N–H and O–H groups in total. The number of hydrogen-bond donors (Lipinski definition) is 2. The van der Waals surface area contributed by atoms with Gasteiger partial charge < -0.3 is 5.11 Å². The molecule has 0 atom stereocenters. The van der Waals surface area contributed by atoms with E-state index in [-0.39, 0.29) is 15.0 Å². The van der Waals surface area contributed by atoms with Crippen LogP contribution < -0.4 is 4.72 Å². The number of carboxylic acid groups (broad SMARTS) is 1. The molecule has 0 unspecified atom stereocenters. The number of nitrogens with one attached hydrogen (secondary N) is 1. The molecule has 0 spiro atoms. The summed E-state index contributed by atoms with van der Waals surface area (Å²) in [5.41, 5.74) is -0.192. The van der Waals surface area contributed by atoms with Gasteiger partial charge in [-0.25, -0.2) is 22.0 Å². The summed E-state index contributed by atoms with van der Waals surface area (Å²) in [6.45, 7) is 0. The third-order valence-electron chi connectivity index (χ3n) is 2.34. The standard InChI is InChI=1S/C11H6BrF2NO4S2/c12-6-3-5(13)4-7(14)10(6)21(18,19)15-8-1-2-20-9(8)11(16)17/h1-4,15H,(H,16,17). The van der Waals surface area contributed by atoms with Crippen molar-refractivity contribution in [2.75, 3.05) is 4.72 Å². The maximum Gasteiger partial charge on any atom is 0.348 e. The zero-order chi connectivity index (χ0) is 15.8. The van der Waals surface area contributed by atoms with Crippen LogP contribution in [0.1, 0.15) is 9.67 Å². The molecule has 0 aliphatic rings. The van der Waals surface area contributed by atoms with Crippen LogP contribution in [0.3, 0.4) is 0 Å². The maximum absolute atomic E-state index is 13.7. The van der Waals surface area contributed by atoms with Crippen LogP contribution in [0.5, 0.6) is 0 Å². The van der Waals surface area contributed by atoms with Gasteiger partial charge >= 0.3 is 5.97 Å². The number of carbonyl (C=O) groups is 1. The van der Waals surface area contributed by atoms with E-state index in [1.54, 1.807) is 0 Å². The van der Waals surface area contributed by atoms with Crippen LogP contribution in [-0.2, 0) is 10.0 Å². The zero-order valence-electron chi connectivity index (χ0n) is 9.93. The van der Waals surface area contributed by atoms with E-state index in [1.807, 2.05) is 4.72 Å². The molecule has 0 radical (unpaired) electrons. The van der Waals surface area contributed by atoms with Gasteiger partial charge in [-0.15, -0.1) is 11.3 Å². The molecular weight excluding hydrogens is 392 g/mol. The van der Waals surface area contributed by atoms with Gasteiger partial charge in [0.2, 0.25) is 0 Å². The van der Waals surface area contributed by atoms with Crippen LogP contribution in [0, 0.1) is 11.6 Å². The number of anilines is 1. The van der Waals surface area contributed by atoms with Gasteiger partial charge in [0.05, 0.1) is 5.69 Å². The van der Waals surface area contributed by atoms with E-state index in [9.17, 15) is 22.0 Å². The summed E-state index contributed by atoms with van der Waals surface area (Å²) in [4.78, 5) is 9.89. The highest BCUT2D eigenvalue weighted by Gasteiger charge is 2.26. The van der Waals surface area contributed by atoms with Crippen LogP contribution in [0.15, 0.2) is 32.9 Å². The Bertz CT molecular complexity index is 796. The van der Waals surface area contributed by atoms with Gasteiger partial charge in [-0.3, -0.25) is 4.72 Å². The van der Waals surface area contributed by atoms with Crippen molar-refractivity contribution in [2.24, 2.45) is 0 Å². The van der Waals surface area contributed by atoms with E-state index in [0.29, 0.717) is 6.07 Å². The van der Waals surface area contributed by atoms with Gasteiger partial charge in [0.25, 0.3) is 10.0 Å². The number of sulfonamides is 1. The molecule has 1 aromatic heterocycles. The molecule has 0 fully saturated rings. The molecule has 2 aromatic rings. The monoisotopic (exact) mass is 397 g/mol. The molecule has 1 heterocycles. The van der Waals surface area contributed by atoms with Crippen molar-refractivity contribution in [3.8, 4) is 0 Å². The fourth-order valence-electron chi connectivity index (χ4n) is 1.54. The van der Waals surface area contributed by atoms with Crippen LogP contribution in [0.2, 0.25) is 0 Å². The van der Waals surface area contributed by atoms with Crippen molar-refractivity contribution in [3.63, 3.8) is 0 Å². The highest BCUT2D eigenvalue weighted by molar-refractivity contribution is 9.10. The van der Waals surface area contributed by atoms with E-state index in [0.717, 1.165) is 17.4 Å². The predicted molar refractivity (Wildman–Crippen MR) is 76.1 cm³/mol. The third kappa shape index (κ3) is 3.22. The maximum atomic E-state index is 13.7. The lowest BCUT2D eigenvalue weighted by molar-refractivity contribution is 0.0703. The van der Waals surface area contributed by atoms with Crippen molar-refractivity contribution < 1.29 is 27.1 Å². The van der Waals surface area contributed by atoms with E-state index in [4.69, 9.17) is 5.11 Å². The fraction of sp³-hybridized carbons (Fsp3) is 0. The number of halogens is 3. The normalized spacial score (nSPS) is 11.4. The first-order valence-electron chi connectivity index (χ1n) is 5.20. The van der Waals surface area contributed by atoms with Gasteiger partial charge in [-0.2, -0.15) is 0 Å². The molecule has 5 nitrogen and oxygen atoms in total. The lowest BCUT2D eigenvalue weighted by Crippen LogP contribution is -2.16. The Morgan fingerprint density at radius 1 is 1.33 bits per heavy atom. The van der Waals surface area contributed by atoms with E-state index >= 15 is 0 Å². The minimum absolute atomic E-state index is 0.192. The Kier molecular flexibility index (Phi) is 4.30. The largest absolute Gasteiger partial charge is 0.477 e. The van der Waals surface area contributed by atoms with Crippen LogP contribution in [-0.4, -0.2) is 19.5 Å². The highest BCUT2D eigenvalue weighted by Crippen LogP contribution is 2.30. The molecule has 2 rings (SSSR count). The number of aromatic carboxylic acids is 1. The second-order valence-electron chi connectivity index (χ2n) is 3.77. The Labute approximate surface area is 130 Å². The van der Waals surface area contributed by atoms with Crippen LogP contribution in [0.4, 0.5) is 14.5 Å². The summed E-state index contributed by atoms with van der Waals surface area (Å²) < 4.78 is 52.6. The average molecular weight is 398 g/mol. The highest BCUT2D eigenvalue weighted by atomic mass is 79.9. The topological polar surface area (TPSA) is 83.5 Å². The number of benzene rings is 1. The number of thiophene rings is 1. The Morgan fingerprint density at radius 2 is 2.00 bits per heavy atom. The van der Waals surface area contributed by atoms with E-state index < -0.39 is 32.5 Å². The van der Waals surface area contributed by atoms with Crippen molar-refractivity contribution in [3.05, 3.63) is 44.6 Å². The summed E-state index contributed by atoms with van der Waals surface area (Å²) >= 11 is 3.58. The summed E-state index contributed by atoms with van der Waals surface area (Å²) in [5, 5.41) is 10.3. The summed E-state index contributed by atoms with van der Waals surface area (Å²) in [6, 6.07) is 2.45. The SMILES string of the molecule is O=C(O)c1sccc1NS(=O)(=O)c1c(F)cc(F)cc1Br. The van der Waals surface area contributed by atoms with Crippen molar-refractivity contribution >= 4 is 48.9 Å². The second-order valence-corrected chi connectivity index (χ2v) is 7.16. The molecule has 0 amide bonds. The average Bonchev–Trinajstić information content (AvgIpc) is 2.73. The molecule has 0 aliphatic heterocycles. The Balaban J connectivity index is 2.49. The van der Waals surface area contributed by atoms with E-state index in [1.165, 1.54) is 11.4 Å². The summed E-state index contributed by atoms with van der Waals surface area (Å²) in [5.74, 6) is -3.55. The fourth-order valence-corrected chi connectivity index (χ4v) is 4.53. The smallest absolute Gasteiger partial charge is 0.348 e. The lowest BCUT2D eigenvalue weighted by Gasteiger charge is -2.10. The van der Waals surface area contributed by atoms with Gasteiger partial charge in [-0.05, 0) is 33.4 Å². The van der Waals surface area contributed by atoms with Crippen LogP contribution in [0.25, 0.3) is 0 Å². The molecule has 10 heteroatoms. The molecule has 0 aliphatic carbocycles. The number of rotatable bonds is 4. The first-order chi connectivity index (χ1) is 9.72. The van der Waals surface area contributed by atoms with E-state index in [2.05, 4.69) is 15.9 Å². The first kappa shape index (κ1) is 15.9. The zero-order valence-corrected chi connectivity index (χ0v) is 13.2. The molecule has 112 valence electrons.